The molecule has 0 saturated heterocycles. The van der Waals surface area contributed by atoms with E-state index in [0.29, 0.717) is 6.04 Å². The van der Waals surface area contributed by atoms with Crippen LogP contribution in [0, 0.1) is 0 Å². The second-order valence-corrected chi connectivity index (χ2v) is 3.23. The molecule has 1 aromatic rings. The highest BCUT2D eigenvalue weighted by atomic mass is 32.1. The highest BCUT2D eigenvalue weighted by molar-refractivity contribution is 7.79. The van der Waals surface area contributed by atoms with Gasteiger partial charge in [0.2, 0.25) is 0 Å². The molecule has 0 radical (unpaired) electrons. The Hall–Kier alpha value is -0.440. The predicted octanol–water partition coefficient (Wildman–Crippen LogP) is 2.67. The maximum Gasteiger partial charge on any atom is 0.0720 e. The molecule has 0 N–H and O–H groups in total. The number of hydrogen-bond acceptors (Lipinski definition) is 2. The first-order valence-corrected chi connectivity index (χ1v) is 5.09. The van der Waals surface area contributed by atoms with Crippen molar-refractivity contribution in [3.63, 3.8) is 0 Å². The second-order valence-electron chi connectivity index (χ2n) is 2.92. The summed E-state index contributed by atoms with van der Waals surface area (Å²) in [6.45, 7) is 4.38. The monoisotopic (exact) mass is 184 g/mol. The summed E-state index contributed by atoms with van der Waals surface area (Å²) in [5.41, 5.74) is 1.06. The number of rotatable bonds is 4. The summed E-state index contributed by atoms with van der Waals surface area (Å²) in [7, 11) is 0. The Kier molecular flexibility index (Phi) is 3.66. The molecule has 0 aliphatic carbocycles. The van der Waals surface area contributed by atoms with E-state index in [1.54, 1.807) is 0 Å². The zero-order valence-corrected chi connectivity index (χ0v) is 8.59. The standard InChI is InChI=1S/C9H16N2S/c1-3-9(4-2)11-6-5-8(7-12)10-11/h5-6,9,12H,3-4,7H2,1-2H3. The third-order valence-electron chi connectivity index (χ3n) is 2.14. The van der Waals surface area contributed by atoms with Crippen molar-refractivity contribution in [3.8, 4) is 0 Å². The lowest BCUT2D eigenvalue weighted by Gasteiger charge is -2.12. The fraction of sp³-hybridized carbons (Fsp3) is 0.667. The number of aromatic nitrogens is 2. The molecule has 0 aliphatic rings. The molecule has 0 aromatic carbocycles. The first kappa shape index (κ1) is 9.65. The van der Waals surface area contributed by atoms with Crippen molar-refractivity contribution in [2.75, 3.05) is 0 Å². The molecule has 0 spiro atoms. The summed E-state index contributed by atoms with van der Waals surface area (Å²) in [6, 6.07) is 2.59. The molecule has 0 unspecified atom stereocenters. The molecule has 2 nitrogen and oxygen atoms in total. The molecule has 1 aromatic heterocycles. The number of hydrogen-bond donors (Lipinski definition) is 1. The van der Waals surface area contributed by atoms with Crippen LogP contribution < -0.4 is 0 Å². The Morgan fingerprint density at radius 2 is 2.17 bits per heavy atom. The van der Waals surface area contributed by atoms with Crippen LogP contribution in [0.5, 0.6) is 0 Å². The van der Waals surface area contributed by atoms with Gasteiger partial charge in [-0.25, -0.2) is 0 Å². The molecule has 0 atom stereocenters. The van der Waals surface area contributed by atoms with Crippen LogP contribution in [-0.2, 0) is 5.75 Å². The van der Waals surface area contributed by atoms with Crippen molar-refractivity contribution in [3.05, 3.63) is 18.0 Å². The normalized spacial score (nSPS) is 11.0. The average Bonchev–Trinajstić information content (AvgIpc) is 2.55. The van der Waals surface area contributed by atoms with Gasteiger partial charge < -0.3 is 0 Å². The van der Waals surface area contributed by atoms with E-state index in [4.69, 9.17) is 0 Å². The van der Waals surface area contributed by atoms with Gasteiger partial charge in [-0.3, -0.25) is 4.68 Å². The van der Waals surface area contributed by atoms with Crippen LogP contribution in [0.2, 0.25) is 0 Å². The maximum atomic E-state index is 4.41. The fourth-order valence-electron chi connectivity index (χ4n) is 1.33. The molecule has 0 bridgehead atoms. The topological polar surface area (TPSA) is 17.8 Å². The minimum absolute atomic E-state index is 0.554. The highest BCUT2D eigenvalue weighted by Gasteiger charge is 2.06. The van der Waals surface area contributed by atoms with E-state index in [2.05, 4.69) is 31.6 Å². The van der Waals surface area contributed by atoms with Gasteiger partial charge in [-0.2, -0.15) is 17.7 Å². The molecular formula is C9H16N2S. The molecule has 0 amide bonds. The third kappa shape index (κ3) is 2.03. The van der Waals surface area contributed by atoms with Crippen LogP contribution >= 0.6 is 12.6 Å². The Morgan fingerprint density at radius 1 is 1.50 bits per heavy atom. The minimum Gasteiger partial charge on any atom is -0.269 e. The van der Waals surface area contributed by atoms with Gasteiger partial charge in [0.25, 0.3) is 0 Å². The van der Waals surface area contributed by atoms with Gasteiger partial charge in [0.15, 0.2) is 0 Å². The quantitative estimate of drug-likeness (QED) is 0.712. The van der Waals surface area contributed by atoms with Crippen LogP contribution in [0.3, 0.4) is 0 Å². The number of thiol groups is 1. The van der Waals surface area contributed by atoms with E-state index < -0.39 is 0 Å². The van der Waals surface area contributed by atoms with Crippen LogP contribution in [0.1, 0.15) is 38.4 Å². The third-order valence-corrected chi connectivity index (χ3v) is 2.47. The van der Waals surface area contributed by atoms with Crippen LogP contribution in [0.15, 0.2) is 12.3 Å². The van der Waals surface area contributed by atoms with Gasteiger partial charge >= 0.3 is 0 Å². The highest BCUT2D eigenvalue weighted by Crippen LogP contribution is 2.14. The van der Waals surface area contributed by atoms with E-state index in [1.807, 2.05) is 16.9 Å². The molecule has 0 fully saturated rings. The lowest BCUT2D eigenvalue weighted by molar-refractivity contribution is 0.426. The smallest absolute Gasteiger partial charge is 0.0720 e. The fourth-order valence-corrected chi connectivity index (χ4v) is 1.50. The van der Waals surface area contributed by atoms with Gasteiger partial charge in [-0.1, -0.05) is 13.8 Å². The molecule has 1 rings (SSSR count). The van der Waals surface area contributed by atoms with E-state index in [1.165, 1.54) is 0 Å². The summed E-state index contributed by atoms with van der Waals surface area (Å²) in [5, 5.41) is 4.41. The van der Waals surface area contributed by atoms with E-state index in [0.717, 1.165) is 24.3 Å². The maximum absolute atomic E-state index is 4.41. The summed E-state index contributed by atoms with van der Waals surface area (Å²) in [5.74, 6) is 0.729. The first-order chi connectivity index (χ1) is 5.81. The molecule has 0 saturated carbocycles. The summed E-state index contributed by atoms with van der Waals surface area (Å²) >= 11 is 4.17. The summed E-state index contributed by atoms with van der Waals surface area (Å²) in [6.07, 6.45) is 4.33. The lowest BCUT2D eigenvalue weighted by atomic mass is 10.2. The number of nitrogens with zero attached hydrogens (tertiary/aromatic N) is 2. The van der Waals surface area contributed by atoms with Gasteiger partial charge in [-0.05, 0) is 18.9 Å². The Labute approximate surface area is 79.4 Å². The van der Waals surface area contributed by atoms with E-state index in [-0.39, 0.29) is 0 Å². The summed E-state index contributed by atoms with van der Waals surface area (Å²) < 4.78 is 2.05. The first-order valence-electron chi connectivity index (χ1n) is 4.46. The zero-order chi connectivity index (χ0) is 8.97. The molecule has 0 aliphatic heterocycles. The van der Waals surface area contributed by atoms with Gasteiger partial charge in [-0.15, -0.1) is 0 Å². The SMILES string of the molecule is CCC(CC)n1ccc(CS)n1. The van der Waals surface area contributed by atoms with Crippen LogP contribution in [-0.4, -0.2) is 9.78 Å². The van der Waals surface area contributed by atoms with Crippen molar-refractivity contribution >= 4 is 12.6 Å². The van der Waals surface area contributed by atoms with Crippen molar-refractivity contribution in [1.82, 2.24) is 9.78 Å². The van der Waals surface area contributed by atoms with Crippen LogP contribution in [0.4, 0.5) is 0 Å². The average molecular weight is 184 g/mol. The Morgan fingerprint density at radius 3 is 2.58 bits per heavy atom. The lowest BCUT2D eigenvalue weighted by Crippen LogP contribution is -2.07. The van der Waals surface area contributed by atoms with E-state index >= 15 is 0 Å². The van der Waals surface area contributed by atoms with E-state index in [9.17, 15) is 0 Å². The molecule has 12 heavy (non-hydrogen) atoms. The molecule has 1 heterocycles. The molecular weight excluding hydrogens is 168 g/mol. The Bertz CT molecular complexity index is 228. The van der Waals surface area contributed by atoms with Gasteiger partial charge in [0, 0.05) is 11.9 Å². The molecule has 3 heteroatoms. The predicted molar refractivity (Wildman–Crippen MR) is 54.5 cm³/mol. The molecule has 68 valence electrons. The van der Waals surface area contributed by atoms with Crippen LogP contribution in [0.25, 0.3) is 0 Å². The zero-order valence-electron chi connectivity index (χ0n) is 7.70. The van der Waals surface area contributed by atoms with Crippen molar-refractivity contribution < 1.29 is 0 Å². The summed E-state index contributed by atoms with van der Waals surface area (Å²) in [4.78, 5) is 0. The van der Waals surface area contributed by atoms with Crippen molar-refractivity contribution in [2.45, 2.75) is 38.5 Å². The largest absolute Gasteiger partial charge is 0.269 e. The second kappa shape index (κ2) is 4.55. The van der Waals surface area contributed by atoms with Crippen molar-refractivity contribution in [2.24, 2.45) is 0 Å². The van der Waals surface area contributed by atoms with Gasteiger partial charge in [0.05, 0.1) is 11.7 Å². The Balaban J connectivity index is 2.72. The van der Waals surface area contributed by atoms with Gasteiger partial charge in [0.1, 0.15) is 0 Å². The van der Waals surface area contributed by atoms with Crippen molar-refractivity contribution in [1.29, 1.82) is 0 Å². The minimum atomic E-state index is 0.554.